The van der Waals surface area contributed by atoms with Crippen LogP contribution < -0.4 is 5.32 Å². The first-order valence-electron chi connectivity index (χ1n) is 6.52. The molecule has 1 N–H and O–H groups in total. The summed E-state index contributed by atoms with van der Waals surface area (Å²) in [5, 5.41) is 5.67. The Labute approximate surface area is 131 Å². The first-order valence-corrected chi connectivity index (χ1v) is 8.19. The van der Waals surface area contributed by atoms with Gasteiger partial charge in [-0.25, -0.2) is 0 Å². The fraction of sp³-hybridized carbons (Fsp3) is 0.267. The predicted octanol–water partition coefficient (Wildman–Crippen LogP) is 3.64. The molecule has 0 radical (unpaired) electrons. The minimum atomic E-state index is 0.294. The molecule has 1 aliphatic heterocycles. The van der Waals surface area contributed by atoms with Gasteiger partial charge in [0.15, 0.2) is 5.96 Å². The highest BCUT2D eigenvalue weighted by Gasteiger charge is 2.21. The number of hydrogen-bond donors (Lipinski definition) is 1. The van der Waals surface area contributed by atoms with Gasteiger partial charge in [0.2, 0.25) is 0 Å². The normalized spacial score (nSPS) is 17.7. The zero-order valence-electron chi connectivity index (χ0n) is 11.2. The summed E-state index contributed by atoms with van der Waals surface area (Å²) in [5.41, 5.74) is 2.59. The summed E-state index contributed by atoms with van der Waals surface area (Å²) in [6.07, 6.45) is 0. The Kier molecular flexibility index (Phi) is 4.08. The molecule has 0 saturated heterocycles. The molecule has 0 spiro atoms. The van der Waals surface area contributed by atoms with Gasteiger partial charge in [-0.2, -0.15) is 0 Å². The molecule has 1 unspecified atom stereocenters. The van der Waals surface area contributed by atoms with Crippen molar-refractivity contribution in [2.24, 2.45) is 4.99 Å². The lowest BCUT2D eigenvalue weighted by molar-refractivity contribution is 0.481. The van der Waals surface area contributed by atoms with Crippen LogP contribution >= 0.6 is 27.3 Å². The Morgan fingerprint density at radius 3 is 2.90 bits per heavy atom. The van der Waals surface area contributed by atoms with Crippen LogP contribution in [0.5, 0.6) is 0 Å². The largest absolute Gasteiger partial charge is 0.348 e. The van der Waals surface area contributed by atoms with E-state index in [1.807, 2.05) is 6.07 Å². The molecule has 0 fully saturated rings. The second-order valence-electron chi connectivity index (χ2n) is 4.89. The molecular formula is C15H16BrN3S. The van der Waals surface area contributed by atoms with Crippen molar-refractivity contribution in [3.63, 3.8) is 0 Å². The van der Waals surface area contributed by atoms with Gasteiger partial charge in [-0.3, -0.25) is 4.99 Å². The number of halogens is 1. The van der Waals surface area contributed by atoms with Crippen molar-refractivity contribution in [3.8, 4) is 0 Å². The van der Waals surface area contributed by atoms with Crippen LogP contribution in [0.2, 0.25) is 0 Å². The second-order valence-corrected chi connectivity index (χ2v) is 7.18. The number of nitrogens with zero attached hydrogens (tertiary/aromatic N) is 2. The number of rotatable bonds is 3. The zero-order valence-corrected chi connectivity index (χ0v) is 13.6. The maximum absolute atomic E-state index is 4.62. The Morgan fingerprint density at radius 2 is 2.20 bits per heavy atom. The van der Waals surface area contributed by atoms with Gasteiger partial charge in [0.05, 0.1) is 16.4 Å². The van der Waals surface area contributed by atoms with E-state index in [2.05, 4.69) is 73.9 Å². The van der Waals surface area contributed by atoms with Crippen molar-refractivity contribution in [2.75, 3.05) is 13.6 Å². The highest BCUT2D eigenvalue weighted by molar-refractivity contribution is 9.11. The first-order chi connectivity index (χ1) is 9.72. The molecule has 5 heteroatoms. The molecule has 0 saturated carbocycles. The van der Waals surface area contributed by atoms with Gasteiger partial charge in [-0.15, -0.1) is 11.3 Å². The Hall–Kier alpha value is -1.33. The highest BCUT2D eigenvalue weighted by Crippen LogP contribution is 2.22. The van der Waals surface area contributed by atoms with E-state index in [9.17, 15) is 0 Å². The number of nitrogens with one attached hydrogen (secondary N) is 1. The van der Waals surface area contributed by atoms with Crippen LogP contribution in [0.4, 0.5) is 0 Å². The van der Waals surface area contributed by atoms with E-state index in [0.717, 1.165) is 19.0 Å². The molecule has 1 aromatic heterocycles. The van der Waals surface area contributed by atoms with Crippen molar-refractivity contribution in [2.45, 2.75) is 12.6 Å². The lowest BCUT2D eigenvalue weighted by atomic mass is 10.1. The summed E-state index contributed by atoms with van der Waals surface area (Å²) in [6.45, 7) is 1.67. The molecule has 1 aromatic carbocycles. The molecule has 104 valence electrons. The average Bonchev–Trinajstić information content (AvgIpc) is 3.09. The average molecular weight is 350 g/mol. The number of aliphatic imine (C=N–C) groups is 1. The van der Waals surface area contributed by atoms with E-state index in [0.29, 0.717) is 6.04 Å². The third kappa shape index (κ3) is 3.04. The minimum absolute atomic E-state index is 0.294. The quantitative estimate of drug-likeness (QED) is 0.915. The summed E-state index contributed by atoms with van der Waals surface area (Å²) in [7, 11) is 2.07. The van der Waals surface area contributed by atoms with Crippen LogP contribution in [0.15, 0.2) is 50.6 Å². The fourth-order valence-electron chi connectivity index (χ4n) is 2.31. The van der Waals surface area contributed by atoms with Gasteiger partial charge in [0, 0.05) is 13.6 Å². The van der Waals surface area contributed by atoms with Crippen LogP contribution in [-0.2, 0) is 6.54 Å². The smallest absolute Gasteiger partial charge is 0.194 e. The number of hydrogen-bond acceptors (Lipinski definition) is 4. The molecule has 3 rings (SSSR count). The van der Waals surface area contributed by atoms with Gasteiger partial charge in [-0.05, 0) is 38.5 Å². The van der Waals surface area contributed by atoms with Gasteiger partial charge in [0.25, 0.3) is 0 Å². The van der Waals surface area contributed by atoms with E-state index < -0.39 is 0 Å². The van der Waals surface area contributed by atoms with E-state index in [1.165, 1.54) is 14.9 Å². The molecule has 1 atom stereocenters. The predicted molar refractivity (Wildman–Crippen MR) is 88.1 cm³/mol. The molecular weight excluding hydrogens is 334 g/mol. The third-order valence-corrected chi connectivity index (χ3v) is 4.89. The Balaban J connectivity index is 1.62. The van der Waals surface area contributed by atoms with Gasteiger partial charge < -0.3 is 10.2 Å². The van der Waals surface area contributed by atoms with Crippen LogP contribution in [0, 0.1) is 0 Å². The standard InChI is InChI=1S/C15H16BrN3S/c1-19(9-11-7-14(16)20-10-11)15-17-8-13(18-15)12-5-3-2-4-6-12/h2-7,10,13H,8-9H2,1H3,(H,17,18). The number of guanidine groups is 1. The molecule has 0 aliphatic carbocycles. The molecule has 3 nitrogen and oxygen atoms in total. The van der Waals surface area contributed by atoms with E-state index in [1.54, 1.807) is 11.3 Å². The topological polar surface area (TPSA) is 27.6 Å². The lowest BCUT2D eigenvalue weighted by Crippen LogP contribution is -2.36. The molecule has 1 aliphatic rings. The van der Waals surface area contributed by atoms with Gasteiger partial charge in [0.1, 0.15) is 0 Å². The van der Waals surface area contributed by atoms with E-state index in [-0.39, 0.29) is 0 Å². The Bertz CT molecular complexity index is 609. The second kappa shape index (κ2) is 5.97. The summed E-state index contributed by atoms with van der Waals surface area (Å²) in [4.78, 5) is 6.78. The number of thiophene rings is 1. The van der Waals surface area contributed by atoms with Crippen molar-refractivity contribution < 1.29 is 0 Å². The van der Waals surface area contributed by atoms with Gasteiger partial charge in [-0.1, -0.05) is 30.3 Å². The van der Waals surface area contributed by atoms with Crippen molar-refractivity contribution in [1.82, 2.24) is 10.2 Å². The monoisotopic (exact) mass is 349 g/mol. The van der Waals surface area contributed by atoms with Crippen LogP contribution in [0.25, 0.3) is 0 Å². The van der Waals surface area contributed by atoms with E-state index in [4.69, 9.17) is 0 Å². The molecule has 2 aromatic rings. The van der Waals surface area contributed by atoms with Gasteiger partial charge >= 0.3 is 0 Å². The van der Waals surface area contributed by atoms with Crippen LogP contribution in [0.3, 0.4) is 0 Å². The first kappa shape index (κ1) is 13.6. The Morgan fingerprint density at radius 1 is 1.40 bits per heavy atom. The van der Waals surface area contributed by atoms with Crippen molar-refractivity contribution in [1.29, 1.82) is 0 Å². The summed E-state index contributed by atoms with van der Waals surface area (Å²) in [6, 6.07) is 12.9. The summed E-state index contributed by atoms with van der Waals surface area (Å²) >= 11 is 5.22. The maximum atomic E-state index is 4.62. The summed E-state index contributed by atoms with van der Waals surface area (Å²) in [5.74, 6) is 0.973. The molecule has 0 amide bonds. The number of benzene rings is 1. The van der Waals surface area contributed by atoms with E-state index >= 15 is 0 Å². The SMILES string of the molecule is CN(Cc1csc(Br)c1)C1=NCC(c2ccccc2)N1. The van der Waals surface area contributed by atoms with Crippen LogP contribution in [0.1, 0.15) is 17.2 Å². The lowest BCUT2D eigenvalue weighted by Gasteiger charge is -2.20. The maximum Gasteiger partial charge on any atom is 0.194 e. The third-order valence-electron chi connectivity index (χ3n) is 3.33. The van der Waals surface area contributed by atoms with Crippen LogP contribution in [-0.4, -0.2) is 24.5 Å². The van der Waals surface area contributed by atoms with Crippen molar-refractivity contribution in [3.05, 3.63) is 56.7 Å². The zero-order chi connectivity index (χ0) is 13.9. The summed E-state index contributed by atoms with van der Waals surface area (Å²) < 4.78 is 1.17. The fourth-order valence-corrected chi connectivity index (χ4v) is 3.51. The molecule has 20 heavy (non-hydrogen) atoms. The van der Waals surface area contributed by atoms with Crippen molar-refractivity contribution >= 4 is 33.2 Å². The molecule has 0 bridgehead atoms. The highest BCUT2D eigenvalue weighted by atomic mass is 79.9. The minimum Gasteiger partial charge on any atom is -0.348 e. The molecule has 2 heterocycles.